The average Bonchev–Trinajstić information content (AvgIpc) is 2.73. The standard InChI is InChI=1S/C27H37NO3/c1-4-5-6-9-17-24-18-13-16-22(2)14-8-7-10-19-25(29)26(30)21-23(3)15-11-12-20-27(31)28-24/h6-16,18,20-21,24-26,29-30H,4-5,17,19H2,1-3H3,(H,28,31)/b9-6+,10-7-,14-8+,15-11+,18-13+,20-12+,22-16+,23-21+. The number of unbranched alkanes of at least 4 members (excludes halogenated alkanes) is 1. The van der Waals surface area contributed by atoms with Gasteiger partial charge in [-0.05, 0) is 33.1 Å². The summed E-state index contributed by atoms with van der Waals surface area (Å²) in [4.78, 5) is 12.3. The van der Waals surface area contributed by atoms with Crippen LogP contribution >= 0.6 is 0 Å². The molecule has 3 unspecified atom stereocenters. The number of aliphatic hydroxyl groups excluding tert-OH is 2. The number of carbonyl (C=O) groups is 1. The monoisotopic (exact) mass is 423 g/mol. The van der Waals surface area contributed by atoms with E-state index in [1.165, 1.54) is 6.08 Å². The summed E-state index contributed by atoms with van der Waals surface area (Å²) in [5.41, 5.74) is 1.86. The van der Waals surface area contributed by atoms with Crippen LogP contribution in [0, 0.1) is 0 Å². The first-order chi connectivity index (χ1) is 14.9. The third-order valence-corrected chi connectivity index (χ3v) is 4.57. The molecule has 3 atom stereocenters. The van der Waals surface area contributed by atoms with Gasteiger partial charge in [-0.25, -0.2) is 0 Å². The largest absolute Gasteiger partial charge is 0.390 e. The molecule has 0 spiro atoms. The van der Waals surface area contributed by atoms with Crippen molar-refractivity contribution in [2.24, 2.45) is 0 Å². The van der Waals surface area contributed by atoms with Crippen LogP contribution in [0.1, 0.15) is 46.5 Å². The lowest BCUT2D eigenvalue weighted by molar-refractivity contribution is -0.116. The van der Waals surface area contributed by atoms with Crippen LogP contribution in [-0.4, -0.2) is 34.4 Å². The van der Waals surface area contributed by atoms with E-state index in [0.29, 0.717) is 6.42 Å². The van der Waals surface area contributed by atoms with Crippen LogP contribution in [0.2, 0.25) is 0 Å². The number of hydrogen-bond acceptors (Lipinski definition) is 3. The molecule has 4 heteroatoms. The van der Waals surface area contributed by atoms with Gasteiger partial charge in [0.25, 0.3) is 0 Å². The molecule has 1 heterocycles. The maximum absolute atomic E-state index is 12.3. The zero-order chi connectivity index (χ0) is 22.9. The number of hydrogen-bond donors (Lipinski definition) is 3. The molecule has 1 rings (SSSR count). The van der Waals surface area contributed by atoms with Gasteiger partial charge in [-0.15, -0.1) is 0 Å². The van der Waals surface area contributed by atoms with Crippen molar-refractivity contribution in [1.82, 2.24) is 5.32 Å². The molecule has 31 heavy (non-hydrogen) atoms. The minimum Gasteiger partial charge on any atom is -0.390 e. The molecular formula is C27H37NO3. The summed E-state index contributed by atoms with van der Waals surface area (Å²) >= 11 is 0. The molecular weight excluding hydrogens is 386 g/mol. The van der Waals surface area contributed by atoms with Crippen molar-refractivity contribution in [2.45, 2.75) is 64.7 Å². The van der Waals surface area contributed by atoms with Crippen molar-refractivity contribution < 1.29 is 15.0 Å². The van der Waals surface area contributed by atoms with Gasteiger partial charge in [0, 0.05) is 6.08 Å². The van der Waals surface area contributed by atoms with E-state index in [-0.39, 0.29) is 11.9 Å². The fourth-order valence-corrected chi connectivity index (χ4v) is 2.77. The Hall–Kier alpha value is -2.69. The predicted octanol–water partition coefficient (Wildman–Crippen LogP) is 5.02. The Balaban J connectivity index is 3.03. The Morgan fingerprint density at radius 2 is 1.71 bits per heavy atom. The Bertz CT molecular complexity index is 778. The molecule has 0 bridgehead atoms. The number of rotatable bonds is 4. The van der Waals surface area contributed by atoms with Crippen LogP contribution < -0.4 is 5.32 Å². The Kier molecular flexibility index (Phi) is 13.6. The SMILES string of the molecule is CCC/C=C/CC1/C=C/C=C(C)/C=C/C=C\CC(O)C(O)/C=C(C)/C=C/C=C/C(=O)N1. The minimum atomic E-state index is -0.954. The minimum absolute atomic E-state index is 0.0916. The van der Waals surface area contributed by atoms with Crippen molar-refractivity contribution in [3.63, 3.8) is 0 Å². The van der Waals surface area contributed by atoms with Crippen LogP contribution in [0.5, 0.6) is 0 Å². The lowest BCUT2D eigenvalue weighted by atomic mass is 10.1. The lowest BCUT2D eigenvalue weighted by Crippen LogP contribution is -2.31. The molecule has 168 valence electrons. The van der Waals surface area contributed by atoms with Crippen LogP contribution in [0.3, 0.4) is 0 Å². The molecule has 0 aromatic rings. The van der Waals surface area contributed by atoms with Crippen LogP contribution in [0.4, 0.5) is 0 Å². The van der Waals surface area contributed by atoms with Crippen LogP contribution in [0.15, 0.2) is 96.2 Å². The van der Waals surface area contributed by atoms with Crippen molar-refractivity contribution in [3.05, 3.63) is 96.2 Å². The summed E-state index contributed by atoms with van der Waals surface area (Å²) in [6.45, 7) is 5.97. The van der Waals surface area contributed by atoms with Gasteiger partial charge in [0.05, 0.1) is 18.2 Å². The number of carbonyl (C=O) groups excluding carboxylic acids is 1. The molecule has 0 fully saturated rings. The highest BCUT2D eigenvalue weighted by molar-refractivity contribution is 5.88. The number of nitrogens with one attached hydrogen (secondary N) is 1. The van der Waals surface area contributed by atoms with Crippen molar-refractivity contribution in [1.29, 1.82) is 0 Å². The second-order valence-electron chi connectivity index (χ2n) is 7.62. The summed E-state index contributed by atoms with van der Waals surface area (Å²) in [6, 6.07) is -0.0916. The van der Waals surface area contributed by atoms with Crippen molar-refractivity contribution >= 4 is 5.91 Å². The Morgan fingerprint density at radius 1 is 1.00 bits per heavy atom. The molecule has 0 aliphatic carbocycles. The molecule has 1 aliphatic rings. The van der Waals surface area contributed by atoms with Gasteiger partial charge in [0.15, 0.2) is 0 Å². The molecule has 0 radical (unpaired) electrons. The molecule has 1 aliphatic heterocycles. The van der Waals surface area contributed by atoms with E-state index >= 15 is 0 Å². The van der Waals surface area contributed by atoms with Crippen molar-refractivity contribution in [2.75, 3.05) is 0 Å². The topological polar surface area (TPSA) is 69.6 Å². The molecule has 4 nitrogen and oxygen atoms in total. The second kappa shape index (κ2) is 16.1. The van der Waals surface area contributed by atoms with Gasteiger partial charge in [0.2, 0.25) is 5.91 Å². The third kappa shape index (κ3) is 13.3. The van der Waals surface area contributed by atoms with Crippen molar-refractivity contribution in [3.8, 4) is 0 Å². The van der Waals surface area contributed by atoms with E-state index in [9.17, 15) is 15.0 Å². The van der Waals surface area contributed by atoms with Crippen LogP contribution in [-0.2, 0) is 4.79 Å². The normalized spacial score (nSPS) is 32.7. The molecule has 1 amide bonds. The smallest absolute Gasteiger partial charge is 0.244 e. The quantitative estimate of drug-likeness (QED) is 0.556. The Labute approximate surface area is 187 Å². The first-order valence-electron chi connectivity index (χ1n) is 11.0. The molecule has 0 aromatic heterocycles. The number of allylic oxidation sites excluding steroid dienone is 11. The highest BCUT2D eigenvalue weighted by Crippen LogP contribution is 2.07. The molecule has 0 aromatic carbocycles. The Morgan fingerprint density at radius 3 is 2.48 bits per heavy atom. The van der Waals surface area contributed by atoms with Gasteiger partial charge in [-0.2, -0.15) is 0 Å². The first kappa shape index (κ1) is 26.3. The molecule has 0 saturated heterocycles. The van der Waals surface area contributed by atoms with Gasteiger partial charge < -0.3 is 15.5 Å². The van der Waals surface area contributed by atoms with Gasteiger partial charge in [-0.1, -0.05) is 103 Å². The van der Waals surface area contributed by atoms with E-state index in [0.717, 1.165) is 30.4 Å². The van der Waals surface area contributed by atoms with E-state index in [2.05, 4.69) is 24.4 Å². The van der Waals surface area contributed by atoms with Crippen LogP contribution in [0.25, 0.3) is 0 Å². The molecule has 0 saturated carbocycles. The van der Waals surface area contributed by atoms with Gasteiger partial charge in [-0.3, -0.25) is 4.79 Å². The second-order valence-corrected chi connectivity index (χ2v) is 7.62. The fourth-order valence-electron chi connectivity index (χ4n) is 2.77. The van der Waals surface area contributed by atoms with Gasteiger partial charge in [0.1, 0.15) is 0 Å². The highest BCUT2D eigenvalue weighted by atomic mass is 16.3. The third-order valence-electron chi connectivity index (χ3n) is 4.57. The number of aliphatic hydroxyl groups is 2. The van der Waals surface area contributed by atoms with Gasteiger partial charge >= 0.3 is 0 Å². The van der Waals surface area contributed by atoms with E-state index < -0.39 is 12.2 Å². The number of amides is 1. The molecule has 3 N–H and O–H groups in total. The summed E-state index contributed by atoms with van der Waals surface area (Å²) in [7, 11) is 0. The average molecular weight is 424 g/mol. The highest BCUT2D eigenvalue weighted by Gasteiger charge is 2.11. The fraction of sp³-hybridized carbons (Fsp3) is 0.370. The first-order valence-corrected chi connectivity index (χ1v) is 11.0. The van der Waals surface area contributed by atoms with E-state index in [1.807, 2.05) is 56.4 Å². The summed E-state index contributed by atoms with van der Waals surface area (Å²) in [5.74, 6) is -0.166. The maximum Gasteiger partial charge on any atom is 0.244 e. The lowest BCUT2D eigenvalue weighted by Gasteiger charge is -2.13. The predicted molar refractivity (Wildman–Crippen MR) is 130 cm³/mol. The summed E-state index contributed by atoms with van der Waals surface area (Å²) < 4.78 is 0. The summed E-state index contributed by atoms with van der Waals surface area (Å²) in [6.07, 6.45) is 27.4. The van der Waals surface area contributed by atoms with E-state index in [4.69, 9.17) is 0 Å². The zero-order valence-corrected chi connectivity index (χ0v) is 18.9. The summed E-state index contributed by atoms with van der Waals surface area (Å²) in [5, 5.41) is 23.2. The van der Waals surface area contributed by atoms with E-state index in [1.54, 1.807) is 24.3 Å². The zero-order valence-electron chi connectivity index (χ0n) is 18.9. The maximum atomic E-state index is 12.3.